The van der Waals surface area contributed by atoms with E-state index in [1.807, 2.05) is 0 Å². The van der Waals surface area contributed by atoms with Gasteiger partial charge in [0.25, 0.3) is 5.91 Å². The normalized spacial score (nSPS) is 11.5. The SMILES string of the molecule is C#Cc1ccccc1C(C(=O)Nc1ccc(OC)cc1)N(CC)C(=O)CNC(=O)OC(C)(C)C. The van der Waals surface area contributed by atoms with Crippen LogP contribution >= 0.6 is 0 Å². The predicted molar refractivity (Wildman–Crippen MR) is 130 cm³/mol. The van der Waals surface area contributed by atoms with E-state index in [-0.39, 0.29) is 13.1 Å². The van der Waals surface area contributed by atoms with E-state index in [4.69, 9.17) is 15.9 Å². The predicted octanol–water partition coefficient (Wildman–Crippen LogP) is 3.73. The number of anilines is 1. The standard InChI is InChI=1S/C26H31N3O5/c1-7-18-11-9-10-12-21(18)23(24(31)28-19-13-15-20(33-6)16-14-19)29(8-2)22(30)17-27-25(32)34-26(3,4)5/h1,9-16,23H,8,17H2,2-6H3,(H,27,32)(H,28,31). The maximum absolute atomic E-state index is 13.4. The summed E-state index contributed by atoms with van der Waals surface area (Å²) in [5.74, 6) is 2.32. The first-order valence-electron chi connectivity index (χ1n) is 10.9. The van der Waals surface area contributed by atoms with Gasteiger partial charge in [-0.1, -0.05) is 24.1 Å². The van der Waals surface area contributed by atoms with Crippen LogP contribution in [0.1, 0.15) is 44.9 Å². The number of ether oxygens (including phenoxy) is 2. The summed E-state index contributed by atoms with van der Waals surface area (Å²) in [6.45, 7) is 6.79. The lowest BCUT2D eigenvalue weighted by Crippen LogP contribution is -2.46. The minimum Gasteiger partial charge on any atom is -0.497 e. The van der Waals surface area contributed by atoms with Crippen molar-refractivity contribution >= 4 is 23.6 Å². The highest BCUT2D eigenvalue weighted by Gasteiger charge is 2.32. The van der Waals surface area contributed by atoms with E-state index < -0.39 is 29.6 Å². The van der Waals surface area contributed by atoms with Crippen LogP contribution in [0.3, 0.4) is 0 Å². The van der Waals surface area contributed by atoms with Crippen LogP contribution < -0.4 is 15.4 Å². The molecular weight excluding hydrogens is 434 g/mol. The fourth-order valence-electron chi connectivity index (χ4n) is 3.27. The number of alkyl carbamates (subject to hydrolysis) is 1. The van der Waals surface area contributed by atoms with E-state index in [9.17, 15) is 14.4 Å². The molecule has 0 aromatic heterocycles. The first kappa shape index (κ1) is 26.3. The molecule has 0 aliphatic rings. The molecule has 180 valence electrons. The number of terminal acetylenes is 1. The van der Waals surface area contributed by atoms with E-state index >= 15 is 0 Å². The van der Waals surface area contributed by atoms with Crippen LogP contribution in [0, 0.1) is 12.3 Å². The summed E-state index contributed by atoms with van der Waals surface area (Å²) in [5.41, 5.74) is 0.820. The minimum absolute atomic E-state index is 0.203. The number of benzene rings is 2. The number of carbonyl (C=O) groups excluding carboxylic acids is 3. The van der Waals surface area contributed by atoms with Crippen molar-refractivity contribution in [3.05, 3.63) is 59.7 Å². The molecule has 0 aliphatic carbocycles. The Labute approximate surface area is 200 Å². The van der Waals surface area contributed by atoms with Crippen molar-refractivity contribution in [2.24, 2.45) is 0 Å². The third kappa shape index (κ3) is 7.27. The summed E-state index contributed by atoms with van der Waals surface area (Å²) in [6, 6.07) is 12.7. The number of rotatable bonds is 8. The zero-order valence-electron chi connectivity index (χ0n) is 20.2. The molecule has 2 aromatic rings. The molecule has 0 radical (unpaired) electrons. The van der Waals surface area contributed by atoms with Gasteiger partial charge in [0.15, 0.2) is 0 Å². The molecule has 34 heavy (non-hydrogen) atoms. The number of likely N-dealkylation sites (N-methyl/N-ethyl adjacent to an activating group) is 1. The second-order valence-electron chi connectivity index (χ2n) is 8.39. The van der Waals surface area contributed by atoms with E-state index in [0.29, 0.717) is 22.6 Å². The Balaban J connectivity index is 2.33. The zero-order chi connectivity index (χ0) is 25.3. The van der Waals surface area contributed by atoms with Gasteiger partial charge in [0.05, 0.1) is 7.11 Å². The number of nitrogens with one attached hydrogen (secondary N) is 2. The molecule has 0 bridgehead atoms. The summed E-state index contributed by atoms with van der Waals surface area (Å²) >= 11 is 0. The molecule has 0 aliphatic heterocycles. The topological polar surface area (TPSA) is 97.0 Å². The largest absolute Gasteiger partial charge is 0.497 e. The van der Waals surface area contributed by atoms with Crippen LogP contribution in [-0.2, 0) is 14.3 Å². The molecule has 0 fully saturated rings. The maximum atomic E-state index is 13.4. The van der Waals surface area contributed by atoms with Crippen LogP contribution in [-0.4, -0.2) is 48.6 Å². The van der Waals surface area contributed by atoms with Gasteiger partial charge in [0.2, 0.25) is 5.91 Å². The fourth-order valence-corrected chi connectivity index (χ4v) is 3.27. The van der Waals surface area contributed by atoms with Crippen LogP contribution in [0.25, 0.3) is 0 Å². The summed E-state index contributed by atoms with van der Waals surface area (Å²) in [4.78, 5) is 39.9. The maximum Gasteiger partial charge on any atom is 0.408 e. The first-order valence-corrected chi connectivity index (χ1v) is 10.9. The van der Waals surface area contributed by atoms with Gasteiger partial charge in [-0.15, -0.1) is 6.42 Å². The molecule has 0 saturated carbocycles. The lowest BCUT2D eigenvalue weighted by Gasteiger charge is -2.31. The second kappa shape index (κ2) is 11.8. The molecule has 1 unspecified atom stereocenters. The molecule has 0 saturated heterocycles. The number of carbonyl (C=O) groups is 3. The Hall–Kier alpha value is -3.99. The third-order valence-electron chi connectivity index (χ3n) is 4.77. The van der Waals surface area contributed by atoms with Gasteiger partial charge >= 0.3 is 6.09 Å². The van der Waals surface area contributed by atoms with E-state index in [1.54, 1.807) is 83.3 Å². The van der Waals surface area contributed by atoms with Crippen molar-refractivity contribution < 1.29 is 23.9 Å². The van der Waals surface area contributed by atoms with Crippen LogP contribution in [0.4, 0.5) is 10.5 Å². The Bertz CT molecular complexity index is 1050. The van der Waals surface area contributed by atoms with E-state index in [1.165, 1.54) is 4.90 Å². The van der Waals surface area contributed by atoms with E-state index in [2.05, 4.69) is 16.6 Å². The smallest absolute Gasteiger partial charge is 0.408 e. The quantitative estimate of drug-likeness (QED) is 0.579. The Morgan fingerprint density at radius 1 is 1.09 bits per heavy atom. The Morgan fingerprint density at radius 2 is 1.74 bits per heavy atom. The fraction of sp³-hybridized carbons (Fsp3) is 0.346. The van der Waals surface area contributed by atoms with Crippen molar-refractivity contribution in [1.82, 2.24) is 10.2 Å². The van der Waals surface area contributed by atoms with Crippen molar-refractivity contribution in [2.45, 2.75) is 39.3 Å². The summed E-state index contributed by atoms with van der Waals surface area (Å²) in [7, 11) is 1.55. The average molecular weight is 466 g/mol. The monoisotopic (exact) mass is 465 g/mol. The molecular formula is C26H31N3O5. The zero-order valence-corrected chi connectivity index (χ0v) is 20.2. The first-order chi connectivity index (χ1) is 16.1. The molecule has 0 spiro atoms. The molecule has 2 rings (SSSR count). The van der Waals surface area contributed by atoms with Gasteiger partial charge in [-0.3, -0.25) is 9.59 Å². The molecule has 2 N–H and O–H groups in total. The Morgan fingerprint density at radius 3 is 2.29 bits per heavy atom. The Kier molecular flexibility index (Phi) is 9.08. The van der Waals surface area contributed by atoms with Gasteiger partial charge in [-0.05, 0) is 63.6 Å². The number of hydrogen-bond acceptors (Lipinski definition) is 5. The molecule has 0 heterocycles. The third-order valence-corrected chi connectivity index (χ3v) is 4.77. The second-order valence-corrected chi connectivity index (χ2v) is 8.39. The van der Waals surface area contributed by atoms with Gasteiger partial charge in [0, 0.05) is 17.8 Å². The average Bonchev–Trinajstić information content (AvgIpc) is 2.80. The lowest BCUT2D eigenvalue weighted by molar-refractivity contribution is -0.138. The highest BCUT2D eigenvalue weighted by molar-refractivity contribution is 5.98. The van der Waals surface area contributed by atoms with Crippen molar-refractivity contribution in [3.63, 3.8) is 0 Å². The number of nitrogens with zero attached hydrogens (tertiary/aromatic N) is 1. The minimum atomic E-state index is -1.02. The summed E-state index contributed by atoms with van der Waals surface area (Å²) < 4.78 is 10.3. The highest BCUT2D eigenvalue weighted by atomic mass is 16.6. The summed E-state index contributed by atoms with van der Waals surface area (Å²) in [5, 5.41) is 5.29. The van der Waals surface area contributed by atoms with Gasteiger partial charge < -0.3 is 25.0 Å². The summed E-state index contributed by atoms with van der Waals surface area (Å²) in [6.07, 6.45) is 4.95. The van der Waals surface area contributed by atoms with Crippen LogP contribution in [0.5, 0.6) is 5.75 Å². The van der Waals surface area contributed by atoms with Crippen molar-refractivity contribution in [2.75, 3.05) is 25.5 Å². The lowest BCUT2D eigenvalue weighted by atomic mass is 9.98. The molecule has 8 nitrogen and oxygen atoms in total. The van der Waals surface area contributed by atoms with Gasteiger partial charge in [-0.25, -0.2) is 4.79 Å². The molecule has 1 atom stereocenters. The van der Waals surface area contributed by atoms with Crippen molar-refractivity contribution in [3.8, 4) is 18.1 Å². The number of hydrogen-bond donors (Lipinski definition) is 2. The molecule has 2 aromatic carbocycles. The molecule has 3 amide bonds. The van der Waals surface area contributed by atoms with Crippen LogP contribution in [0.15, 0.2) is 48.5 Å². The van der Waals surface area contributed by atoms with Gasteiger partial charge in [-0.2, -0.15) is 0 Å². The molecule has 8 heteroatoms. The van der Waals surface area contributed by atoms with E-state index in [0.717, 1.165) is 0 Å². The number of methoxy groups -OCH3 is 1. The van der Waals surface area contributed by atoms with Crippen LogP contribution in [0.2, 0.25) is 0 Å². The van der Waals surface area contributed by atoms with Crippen molar-refractivity contribution in [1.29, 1.82) is 0 Å². The highest BCUT2D eigenvalue weighted by Crippen LogP contribution is 2.26. The number of amides is 3. The van der Waals surface area contributed by atoms with Gasteiger partial charge in [0.1, 0.15) is 23.9 Å².